The van der Waals surface area contributed by atoms with Crippen molar-refractivity contribution >= 4 is 29.3 Å². The third-order valence-electron chi connectivity index (χ3n) is 5.63. The summed E-state index contributed by atoms with van der Waals surface area (Å²) in [4.78, 5) is 51.4. The molecule has 2 amide bonds. The fraction of sp³-hybridized carbons (Fsp3) is 0.273. The number of carbonyl (C=O) groups excluding carboxylic acids is 4. The zero-order valence-corrected chi connectivity index (χ0v) is 16.5. The number of likely N-dealkylation sites (tertiary alicyclic amines) is 1. The summed E-state index contributed by atoms with van der Waals surface area (Å²) in [6, 6.07) is 8.98. The van der Waals surface area contributed by atoms with Gasteiger partial charge in [0.05, 0.1) is 11.3 Å². The van der Waals surface area contributed by atoms with E-state index in [4.69, 9.17) is 14.2 Å². The number of ether oxygens (including phenoxy) is 3. The number of hydrogen-bond acceptors (Lipinski definition) is 7. The van der Waals surface area contributed by atoms with Crippen LogP contribution in [0.3, 0.4) is 0 Å². The molecule has 0 bridgehead atoms. The van der Waals surface area contributed by atoms with Crippen molar-refractivity contribution in [3.63, 3.8) is 0 Å². The molecule has 9 heteroatoms. The van der Waals surface area contributed by atoms with Crippen molar-refractivity contribution in [1.82, 2.24) is 4.90 Å². The Morgan fingerprint density at radius 2 is 1.84 bits per heavy atom. The molecule has 0 aliphatic carbocycles. The summed E-state index contributed by atoms with van der Waals surface area (Å²) >= 11 is 0. The minimum Gasteiger partial charge on any atom is -0.454 e. The zero-order chi connectivity index (χ0) is 21.7. The number of ketones is 1. The zero-order valence-electron chi connectivity index (χ0n) is 16.5. The molecule has 0 aromatic heterocycles. The normalized spacial score (nSPS) is 21.1. The molecule has 2 aromatic rings. The first-order chi connectivity index (χ1) is 14.9. The van der Waals surface area contributed by atoms with E-state index >= 15 is 0 Å². The Kier molecular flexibility index (Phi) is 4.39. The van der Waals surface area contributed by atoms with Gasteiger partial charge >= 0.3 is 5.97 Å². The fourth-order valence-electron chi connectivity index (χ4n) is 4.14. The van der Waals surface area contributed by atoms with E-state index < -0.39 is 24.1 Å². The number of hydrogen-bond donors (Lipinski definition) is 1. The molecule has 1 N–H and O–H groups in total. The number of carbonyl (C=O) groups is 4. The number of amides is 2. The van der Waals surface area contributed by atoms with Crippen LogP contribution < -0.4 is 14.8 Å². The monoisotopic (exact) mass is 422 g/mol. The average Bonchev–Trinajstić information content (AvgIpc) is 3.44. The fourth-order valence-corrected chi connectivity index (χ4v) is 4.14. The van der Waals surface area contributed by atoms with Crippen molar-refractivity contribution in [2.24, 2.45) is 0 Å². The van der Waals surface area contributed by atoms with E-state index in [0.717, 1.165) is 0 Å². The lowest BCUT2D eigenvalue weighted by atomic mass is 10.1. The highest BCUT2D eigenvalue weighted by molar-refractivity contribution is 6.07. The minimum atomic E-state index is -0.960. The second-order valence-electron chi connectivity index (χ2n) is 7.50. The topological polar surface area (TPSA) is 111 Å². The predicted molar refractivity (Wildman–Crippen MR) is 106 cm³/mol. The van der Waals surface area contributed by atoms with Crippen molar-refractivity contribution in [1.29, 1.82) is 0 Å². The van der Waals surface area contributed by atoms with Gasteiger partial charge in [-0.3, -0.25) is 19.3 Å². The Balaban J connectivity index is 1.44. The van der Waals surface area contributed by atoms with Crippen LogP contribution >= 0.6 is 0 Å². The van der Waals surface area contributed by atoms with Crippen LogP contribution in [-0.2, 0) is 14.3 Å². The van der Waals surface area contributed by atoms with Gasteiger partial charge in [-0.15, -0.1) is 0 Å². The van der Waals surface area contributed by atoms with Gasteiger partial charge in [0.1, 0.15) is 6.04 Å². The Bertz CT molecular complexity index is 1140. The van der Waals surface area contributed by atoms with Gasteiger partial charge in [0, 0.05) is 23.6 Å². The summed E-state index contributed by atoms with van der Waals surface area (Å²) in [5.41, 5.74) is 1.46. The van der Waals surface area contributed by atoms with E-state index in [1.165, 1.54) is 24.0 Å². The SMILES string of the molecule is CC(=O)c1cc2c(cc1NC(=O)[C@H]1CCC(=O)N1[C@@H]1OC(=O)c3ccccc31)OCO2. The van der Waals surface area contributed by atoms with Crippen molar-refractivity contribution in [3.8, 4) is 11.5 Å². The van der Waals surface area contributed by atoms with Gasteiger partial charge < -0.3 is 19.5 Å². The van der Waals surface area contributed by atoms with E-state index in [1.54, 1.807) is 24.3 Å². The summed E-state index contributed by atoms with van der Waals surface area (Å²) in [5, 5.41) is 2.74. The second kappa shape index (κ2) is 7.12. The number of nitrogens with zero attached hydrogens (tertiary/aromatic N) is 1. The molecule has 158 valence electrons. The van der Waals surface area contributed by atoms with Crippen LogP contribution in [0, 0.1) is 0 Å². The number of fused-ring (bicyclic) bond motifs is 2. The first-order valence-corrected chi connectivity index (χ1v) is 9.80. The van der Waals surface area contributed by atoms with Crippen LogP contribution in [0.4, 0.5) is 5.69 Å². The van der Waals surface area contributed by atoms with Gasteiger partial charge in [0.2, 0.25) is 24.8 Å². The number of cyclic esters (lactones) is 1. The van der Waals surface area contributed by atoms with Gasteiger partial charge in [-0.2, -0.15) is 0 Å². The second-order valence-corrected chi connectivity index (χ2v) is 7.50. The molecule has 5 rings (SSSR count). The van der Waals surface area contributed by atoms with Crippen LogP contribution in [0.15, 0.2) is 36.4 Å². The highest BCUT2D eigenvalue weighted by Crippen LogP contribution is 2.40. The van der Waals surface area contributed by atoms with Crippen LogP contribution in [0.2, 0.25) is 0 Å². The maximum atomic E-state index is 13.2. The molecule has 3 aliphatic rings. The number of nitrogens with one attached hydrogen (secondary N) is 1. The standard InChI is InChI=1S/C22H18N2O7/c1-11(25)14-8-17-18(30-10-29-17)9-15(14)23-20(27)16-6-7-19(26)24(16)21-12-4-2-3-5-13(12)22(28)31-21/h2-5,8-9,16,21H,6-7,10H2,1H3,(H,23,27)/t16-,21-/m1/s1. The lowest BCUT2D eigenvalue weighted by molar-refractivity contribution is -0.144. The maximum absolute atomic E-state index is 13.2. The number of Topliss-reactive ketones (excluding diaryl/α,β-unsaturated/α-hetero) is 1. The summed E-state index contributed by atoms with van der Waals surface area (Å²) in [6.45, 7) is 1.41. The Morgan fingerprint density at radius 3 is 2.61 bits per heavy atom. The van der Waals surface area contributed by atoms with Gasteiger partial charge in [-0.25, -0.2) is 4.79 Å². The van der Waals surface area contributed by atoms with Gasteiger partial charge in [0.25, 0.3) is 0 Å². The first kappa shape index (κ1) is 19.1. The molecule has 2 atom stereocenters. The average molecular weight is 422 g/mol. The first-order valence-electron chi connectivity index (χ1n) is 9.80. The molecular formula is C22H18N2O7. The molecule has 0 spiro atoms. The summed E-state index contributed by atoms with van der Waals surface area (Å²) in [5.74, 6) is -0.714. The Labute approximate surface area is 176 Å². The quantitative estimate of drug-likeness (QED) is 0.595. The molecule has 31 heavy (non-hydrogen) atoms. The molecule has 0 radical (unpaired) electrons. The third-order valence-corrected chi connectivity index (χ3v) is 5.63. The van der Waals surface area contributed by atoms with Crippen LogP contribution in [0.5, 0.6) is 11.5 Å². The van der Waals surface area contributed by atoms with E-state index in [-0.39, 0.29) is 42.6 Å². The van der Waals surface area contributed by atoms with E-state index in [0.29, 0.717) is 22.6 Å². The number of anilines is 1. The minimum absolute atomic E-state index is 0.0292. The van der Waals surface area contributed by atoms with Crippen molar-refractivity contribution < 1.29 is 33.4 Å². The molecule has 2 aromatic carbocycles. The van der Waals surface area contributed by atoms with Crippen LogP contribution in [0.1, 0.15) is 52.3 Å². The van der Waals surface area contributed by atoms with Crippen LogP contribution in [-0.4, -0.2) is 41.3 Å². The van der Waals surface area contributed by atoms with Gasteiger partial charge in [-0.05, 0) is 25.5 Å². The molecule has 0 unspecified atom stereocenters. The number of benzene rings is 2. The molecule has 9 nitrogen and oxygen atoms in total. The molecule has 3 aliphatic heterocycles. The molecule has 3 heterocycles. The predicted octanol–water partition coefficient (Wildman–Crippen LogP) is 2.42. The van der Waals surface area contributed by atoms with Crippen molar-refractivity contribution in [2.75, 3.05) is 12.1 Å². The molecule has 0 saturated carbocycles. The van der Waals surface area contributed by atoms with Gasteiger partial charge in [0.15, 0.2) is 17.3 Å². The largest absolute Gasteiger partial charge is 0.454 e. The molecule has 1 saturated heterocycles. The Morgan fingerprint density at radius 1 is 1.10 bits per heavy atom. The third kappa shape index (κ3) is 3.09. The van der Waals surface area contributed by atoms with E-state index in [1.807, 2.05) is 0 Å². The number of rotatable bonds is 4. The summed E-state index contributed by atoms with van der Waals surface area (Å²) in [7, 11) is 0. The summed E-state index contributed by atoms with van der Waals surface area (Å²) in [6.07, 6.45) is -0.547. The molecule has 1 fully saturated rings. The van der Waals surface area contributed by atoms with Gasteiger partial charge in [-0.1, -0.05) is 18.2 Å². The smallest absolute Gasteiger partial charge is 0.340 e. The lowest BCUT2D eigenvalue weighted by Crippen LogP contribution is -2.44. The maximum Gasteiger partial charge on any atom is 0.340 e. The highest BCUT2D eigenvalue weighted by atomic mass is 16.7. The van der Waals surface area contributed by atoms with Crippen LogP contribution in [0.25, 0.3) is 0 Å². The Hall–Kier alpha value is -3.88. The lowest BCUT2D eigenvalue weighted by Gasteiger charge is -2.29. The van der Waals surface area contributed by atoms with E-state index in [9.17, 15) is 19.2 Å². The van der Waals surface area contributed by atoms with Crippen molar-refractivity contribution in [2.45, 2.75) is 32.0 Å². The summed E-state index contributed by atoms with van der Waals surface area (Å²) < 4.78 is 16.1. The molecular weight excluding hydrogens is 404 g/mol. The van der Waals surface area contributed by atoms with E-state index in [2.05, 4.69) is 5.32 Å². The highest BCUT2D eigenvalue weighted by Gasteiger charge is 2.46. The number of esters is 1. The van der Waals surface area contributed by atoms with Crippen molar-refractivity contribution in [3.05, 3.63) is 53.1 Å².